The first-order chi connectivity index (χ1) is 16.0. The molecule has 2 aromatic carbocycles. The van der Waals surface area contributed by atoms with Gasteiger partial charge in [0.25, 0.3) is 0 Å². The van der Waals surface area contributed by atoms with Crippen LogP contribution in [0.25, 0.3) is 5.57 Å². The molecule has 34 heavy (non-hydrogen) atoms. The lowest BCUT2D eigenvalue weighted by Gasteiger charge is -2.41. The maximum atomic E-state index is 14.6. The number of aliphatic hydroxyl groups excluding tert-OH is 1. The smallest absolute Gasteiger partial charge is 0.408 e. The summed E-state index contributed by atoms with van der Waals surface area (Å²) in [5.41, 5.74) is 0.523. The van der Waals surface area contributed by atoms with Crippen molar-refractivity contribution in [3.05, 3.63) is 77.4 Å². The van der Waals surface area contributed by atoms with Crippen molar-refractivity contribution >= 4 is 17.6 Å². The zero-order valence-electron chi connectivity index (χ0n) is 19.5. The monoisotopic (exact) mass is 472 g/mol. The largest absolute Gasteiger partial charge is 0.465 e. The van der Waals surface area contributed by atoms with Gasteiger partial charge in [-0.1, -0.05) is 57.2 Å². The van der Waals surface area contributed by atoms with Gasteiger partial charge >= 0.3 is 6.09 Å². The molecule has 8 heteroatoms. The van der Waals surface area contributed by atoms with E-state index in [1.54, 1.807) is 26.8 Å². The van der Waals surface area contributed by atoms with Crippen LogP contribution < -0.4 is 0 Å². The van der Waals surface area contributed by atoms with E-state index in [0.29, 0.717) is 5.57 Å². The lowest BCUT2D eigenvalue weighted by molar-refractivity contribution is -0.140. The average Bonchev–Trinajstić information content (AvgIpc) is 3.22. The highest BCUT2D eigenvalue weighted by molar-refractivity contribution is 5.89. The second-order valence-corrected chi connectivity index (χ2v) is 9.46. The second kappa shape index (κ2) is 10.3. The topological polar surface area (TPSA) is 81.1 Å². The van der Waals surface area contributed by atoms with Crippen molar-refractivity contribution in [1.29, 1.82) is 0 Å². The number of carbonyl (C=O) groups excluding carboxylic acids is 1. The fourth-order valence-corrected chi connectivity index (χ4v) is 4.38. The van der Waals surface area contributed by atoms with Crippen molar-refractivity contribution in [2.45, 2.75) is 39.3 Å². The SMILES string of the molecule is CC(C)(C)[C@@H](C(=O)N1CC(c2cc(F)ccc2F)=C[C@H]1c1ccccc1)N(CCCO)C(=O)O. The summed E-state index contributed by atoms with van der Waals surface area (Å²) in [7, 11) is 0. The molecule has 1 heterocycles. The molecule has 0 saturated heterocycles. The first kappa shape index (κ1) is 25.4. The minimum Gasteiger partial charge on any atom is -0.465 e. The van der Waals surface area contributed by atoms with Crippen molar-refractivity contribution in [2.24, 2.45) is 5.41 Å². The lowest BCUT2D eigenvalue weighted by atomic mass is 9.84. The van der Waals surface area contributed by atoms with Crippen LogP contribution in [0.5, 0.6) is 0 Å². The highest BCUT2D eigenvalue weighted by Gasteiger charge is 2.44. The summed E-state index contributed by atoms with van der Waals surface area (Å²) in [5.74, 6) is -1.63. The van der Waals surface area contributed by atoms with E-state index in [1.165, 1.54) is 4.90 Å². The maximum absolute atomic E-state index is 14.6. The van der Waals surface area contributed by atoms with Gasteiger partial charge in [0.2, 0.25) is 5.91 Å². The number of carboxylic acid groups (broad SMARTS) is 1. The third-order valence-electron chi connectivity index (χ3n) is 5.90. The molecule has 2 N–H and O–H groups in total. The van der Waals surface area contributed by atoms with Crippen LogP contribution in [-0.4, -0.2) is 57.8 Å². The summed E-state index contributed by atoms with van der Waals surface area (Å²) in [6.45, 7) is 5.10. The molecule has 3 rings (SSSR count). The summed E-state index contributed by atoms with van der Waals surface area (Å²) in [4.78, 5) is 28.6. The van der Waals surface area contributed by atoms with Crippen LogP contribution in [0.2, 0.25) is 0 Å². The molecule has 1 aliphatic heterocycles. The summed E-state index contributed by atoms with van der Waals surface area (Å²) in [6, 6.07) is 10.7. The van der Waals surface area contributed by atoms with E-state index in [9.17, 15) is 28.6 Å². The summed E-state index contributed by atoms with van der Waals surface area (Å²) < 4.78 is 28.5. The standard InChI is InChI=1S/C26H30F2N2O4/c1-26(2,3)23(29(25(33)34)12-7-13-31)24(32)30-16-18(20-15-19(27)10-11-21(20)28)14-22(30)17-8-5-4-6-9-17/h4-6,8-11,14-15,22-23,31H,7,12-13,16H2,1-3H3,(H,33,34)/t22-,23+/m0/s1. The van der Waals surface area contributed by atoms with Crippen molar-refractivity contribution in [3.63, 3.8) is 0 Å². The van der Waals surface area contributed by atoms with Crippen molar-refractivity contribution in [2.75, 3.05) is 19.7 Å². The van der Waals surface area contributed by atoms with Gasteiger partial charge in [-0.05, 0) is 41.2 Å². The highest BCUT2D eigenvalue weighted by Crippen LogP contribution is 2.38. The molecular formula is C26H30F2N2O4. The average molecular weight is 473 g/mol. The zero-order chi connectivity index (χ0) is 25.0. The van der Waals surface area contributed by atoms with E-state index >= 15 is 0 Å². The van der Waals surface area contributed by atoms with Crippen LogP contribution in [0.4, 0.5) is 13.6 Å². The van der Waals surface area contributed by atoms with E-state index in [1.807, 2.05) is 30.3 Å². The Morgan fingerprint density at radius 1 is 1.15 bits per heavy atom. The lowest BCUT2D eigenvalue weighted by Crippen LogP contribution is -2.56. The Morgan fingerprint density at radius 3 is 2.41 bits per heavy atom. The van der Waals surface area contributed by atoms with Crippen molar-refractivity contribution < 1.29 is 28.6 Å². The fourth-order valence-electron chi connectivity index (χ4n) is 4.38. The molecule has 0 aliphatic carbocycles. The van der Waals surface area contributed by atoms with Gasteiger partial charge in [0.1, 0.15) is 17.7 Å². The Labute approximate surface area is 198 Å². The predicted octanol–water partition coefficient (Wildman–Crippen LogP) is 4.71. The van der Waals surface area contributed by atoms with E-state index in [4.69, 9.17) is 0 Å². The molecular weight excluding hydrogens is 442 g/mol. The van der Waals surface area contributed by atoms with Gasteiger partial charge in [-0.3, -0.25) is 9.69 Å². The Morgan fingerprint density at radius 2 is 1.82 bits per heavy atom. The van der Waals surface area contributed by atoms with Crippen LogP contribution >= 0.6 is 0 Å². The summed E-state index contributed by atoms with van der Waals surface area (Å²) in [6.07, 6.45) is 0.650. The summed E-state index contributed by atoms with van der Waals surface area (Å²) >= 11 is 0. The van der Waals surface area contributed by atoms with E-state index < -0.39 is 41.1 Å². The number of amides is 2. The van der Waals surface area contributed by atoms with Gasteiger partial charge in [0.15, 0.2) is 0 Å². The molecule has 2 amide bonds. The maximum Gasteiger partial charge on any atom is 0.408 e. The highest BCUT2D eigenvalue weighted by atomic mass is 19.1. The molecule has 0 spiro atoms. The van der Waals surface area contributed by atoms with E-state index in [2.05, 4.69) is 0 Å². The Kier molecular flexibility index (Phi) is 7.71. The number of rotatable bonds is 7. The van der Waals surface area contributed by atoms with E-state index in [0.717, 1.165) is 28.7 Å². The third kappa shape index (κ3) is 5.44. The summed E-state index contributed by atoms with van der Waals surface area (Å²) in [5, 5.41) is 19.1. The number of benzene rings is 2. The molecule has 0 aromatic heterocycles. The quantitative estimate of drug-likeness (QED) is 0.612. The van der Waals surface area contributed by atoms with Crippen LogP contribution in [0.1, 0.15) is 44.4 Å². The number of aliphatic hydroxyl groups is 1. The number of carbonyl (C=O) groups is 2. The molecule has 182 valence electrons. The molecule has 2 aromatic rings. The van der Waals surface area contributed by atoms with Gasteiger partial charge in [0.05, 0.1) is 6.04 Å². The van der Waals surface area contributed by atoms with Gasteiger partial charge in [-0.2, -0.15) is 0 Å². The molecule has 1 aliphatic rings. The van der Waals surface area contributed by atoms with Crippen molar-refractivity contribution in [3.8, 4) is 0 Å². The normalized spacial score (nSPS) is 16.8. The van der Waals surface area contributed by atoms with Gasteiger partial charge in [-0.25, -0.2) is 13.6 Å². The minimum atomic E-state index is -1.26. The van der Waals surface area contributed by atoms with Gasteiger partial charge < -0.3 is 15.1 Å². The molecule has 6 nitrogen and oxygen atoms in total. The molecule has 0 radical (unpaired) electrons. The molecule has 0 saturated carbocycles. The third-order valence-corrected chi connectivity index (χ3v) is 5.90. The fraction of sp³-hybridized carbons (Fsp3) is 0.385. The first-order valence-electron chi connectivity index (χ1n) is 11.2. The number of nitrogens with zero attached hydrogens (tertiary/aromatic N) is 2. The Bertz CT molecular complexity index is 1070. The van der Waals surface area contributed by atoms with Gasteiger partial charge in [0, 0.05) is 25.3 Å². The van der Waals surface area contributed by atoms with Crippen LogP contribution in [-0.2, 0) is 4.79 Å². The number of hydrogen-bond acceptors (Lipinski definition) is 3. The Balaban J connectivity index is 2.06. The molecule has 0 bridgehead atoms. The second-order valence-electron chi connectivity index (χ2n) is 9.46. The molecule has 0 unspecified atom stereocenters. The van der Waals surface area contributed by atoms with Crippen LogP contribution in [0.15, 0.2) is 54.6 Å². The molecule has 0 fully saturated rings. The number of hydrogen-bond donors (Lipinski definition) is 2. The van der Waals surface area contributed by atoms with Gasteiger partial charge in [-0.15, -0.1) is 0 Å². The molecule has 2 atom stereocenters. The Hall–Kier alpha value is -3.26. The van der Waals surface area contributed by atoms with Crippen LogP contribution in [0, 0.1) is 17.0 Å². The zero-order valence-corrected chi connectivity index (χ0v) is 19.5. The minimum absolute atomic E-state index is 0.00118. The van der Waals surface area contributed by atoms with Crippen LogP contribution in [0.3, 0.4) is 0 Å². The number of halogens is 2. The predicted molar refractivity (Wildman–Crippen MR) is 125 cm³/mol. The van der Waals surface area contributed by atoms with E-state index in [-0.39, 0.29) is 31.7 Å². The van der Waals surface area contributed by atoms with Crippen molar-refractivity contribution in [1.82, 2.24) is 9.80 Å². The first-order valence-corrected chi connectivity index (χ1v) is 11.2.